The Labute approximate surface area is 205 Å². The van der Waals surface area contributed by atoms with E-state index >= 15 is 0 Å². The maximum Gasteiger partial charge on any atom is 0.253 e. The van der Waals surface area contributed by atoms with E-state index < -0.39 is 5.92 Å². The normalized spacial score (nSPS) is 15.1. The lowest BCUT2D eigenvalue weighted by molar-refractivity contribution is -0.122. The number of nitrogens with one attached hydrogen (secondary N) is 2. The van der Waals surface area contributed by atoms with Gasteiger partial charge < -0.3 is 20.3 Å². The molecule has 3 aromatic carbocycles. The molecule has 0 radical (unpaired) electrons. The summed E-state index contributed by atoms with van der Waals surface area (Å²) in [4.78, 5) is 40.2. The van der Waals surface area contributed by atoms with Gasteiger partial charge in [0.2, 0.25) is 11.8 Å². The standard InChI is InChI=1S/C28H29N3O4/c1-18-8-11-22(14-19(18)2)31-17-21(15-26(31)32)27(33)30-25-7-5-4-6-24(25)28(34)29-16-20-9-12-23(35-3)13-10-20/h4-14,21H,15-17H2,1-3H3,(H,29,34)(H,30,33)/t21-/m0/s1. The van der Waals surface area contributed by atoms with Gasteiger partial charge in [0.15, 0.2) is 0 Å². The number of hydrogen-bond donors (Lipinski definition) is 2. The van der Waals surface area contributed by atoms with Gasteiger partial charge in [0.05, 0.1) is 24.3 Å². The minimum Gasteiger partial charge on any atom is -0.497 e. The van der Waals surface area contributed by atoms with E-state index in [1.165, 1.54) is 0 Å². The highest BCUT2D eigenvalue weighted by Crippen LogP contribution is 2.28. The quantitative estimate of drug-likeness (QED) is 0.540. The Balaban J connectivity index is 1.41. The molecule has 0 bridgehead atoms. The third-order valence-corrected chi connectivity index (χ3v) is 6.34. The second-order valence-corrected chi connectivity index (χ2v) is 8.74. The summed E-state index contributed by atoms with van der Waals surface area (Å²) in [6.45, 7) is 4.66. The van der Waals surface area contributed by atoms with Crippen molar-refractivity contribution in [2.24, 2.45) is 5.92 Å². The number of benzene rings is 3. The highest BCUT2D eigenvalue weighted by Gasteiger charge is 2.35. The van der Waals surface area contributed by atoms with Gasteiger partial charge in [-0.05, 0) is 66.9 Å². The Morgan fingerprint density at radius 2 is 1.74 bits per heavy atom. The van der Waals surface area contributed by atoms with Gasteiger partial charge >= 0.3 is 0 Å². The molecule has 1 heterocycles. The summed E-state index contributed by atoms with van der Waals surface area (Å²) >= 11 is 0. The van der Waals surface area contributed by atoms with Crippen molar-refractivity contribution in [2.75, 3.05) is 23.9 Å². The van der Waals surface area contributed by atoms with Crippen molar-refractivity contribution < 1.29 is 19.1 Å². The number of carbonyl (C=O) groups is 3. The predicted octanol–water partition coefficient (Wildman–Crippen LogP) is 4.23. The zero-order chi connectivity index (χ0) is 24.9. The Hall–Kier alpha value is -4.13. The molecule has 3 aromatic rings. The molecule has 4 rings (SSSR count). The molecule has 1 atom stereocenters. The highest BCUT2D eigenvalue weighted by molar-refractivity contribution is 6.07. The fourth-order valence-electron chi connectivity index (χ4n) is 4.07. The molecule has 2 N–H and O–H groups in total. The summed E-state index contributed by atoms with van der Waals surface area (Å²) in [5, 5.41) is 5.75. The zero-order valence-corrected chi connectivity index (χ0v) is 20.1. The van der Waals surface area contributed by atoms with Crippen LogP contribution in [0, 0.1) is 19.8 Å². The van der Waals surface area contributed by atoms with Crippen molar-refractivity contribution in [1.82, 2.24) is 5.32 Å². The molecule has 0 spiro atoms. The molecule has 0 aromatic heterocycles. The zero-order valence-electron chi connectivity index (χ0n) is 20.1. The van der Waals surface area contributed by atoms with E-state index in [0.717, 1.165) is 28.1 Å². The summed E-state index contributed by atoms with van der Waals surface area (Å²) in [6.07, 6.45) is 0.130. The van der Waals surface area contributed by atoms with Crippen LogP contribution in [0.3, 0.4) is 0 Å². The van der Waals surface area contributed by atoms with Crippen molar-refractivity contribution >= 4 is 29.1 Å². The van der Waals surface area contributed by atoms with Gasteiger partial charge in [-0.1, -0.05) is 30.3 Å². The number of nitrogens with zero attached hydrogens (tertiary/aromatic N) is 1. The monoisotopic (exact) mass is 471 g/mol. The van der Waals surface area contributed by atoms with Crippen LogP contribution in [-0.4, -0.2) is 31.4 Å². The minimum absolute atomic E-state index is 0.0843. The summed E-state index contributed by atoms with van der Waals surface area (Å²) in [6, 6.07) is 20.1. The van der Waals surface area contributed by atoms with Gasteiger partial charge in [-0.3, -0.25) is 14.4 Å². The molecule has 1 aliphatic rings. The number of carbonyl (C=O) groups excluding carboxylic acids is 3. The number of ether oxygens (including phenoxy) is 1. The Bertz CT molecular complexity index is 1250. The lowest BCUT2D eigenvalue weighted by Gasteiger charge is -2.18. The van der Waals surface area contributed by atoms with Crippen molar-refractivity contribution in [3.63, 3.8) is 0 Å². The maximum absolute atomic E-state index is 13.0. The average Bonchev–Trinajstić information content (AvgIpc) is 3.26. The van der Waals surface area contributed by atoms with Crippen LogP contribution >= 0.6 is 0 Å². The van der Waals surface area contributed by atoms with Gasteiger partial charge in [-0.15, -0.1) is 0 Å². The van der Waals surface area contributed by atoms with Crippen LogP contribution < -0.4 is 20.3 Å². The van der Waals surface area contributed by atoms with Crippen LogP contribution in [0.15, 0.2) is 66.7 Å². The molecule has 1 aliphatic heterocycles. The molecular weight excluding hydrogens is 442 g/mol. The topological polar surface area (TPSA) is 87.7 Å². The number of rotatable bonds is 7. The van der Waals surface area contributed by atoms with Crippen molar-refractivity contribution in [2.45, 2.75) is 26.8 Å². The number of aryl methyl sites for hydroxylation is 2. The molecule has 3 amide bonds. The van der Waals surface area contributed by atoms with E-state index in [-0.39, 0.29) is 24.1 Å². The van der Waals surface area contributed by atoms with Crippen molar-refractivity contribution in [3.05, 3.63) is 89.0 Å². The summed E-state index contributed by atoms with van der Waals surface area (Å²) in [5.41, 5.74) is 4.75. The van der Waals surface area contributed by atoms with Crippen LogP contribution in [0.1, 0.15) is 33.5 Å². The van der Waals surface area contributed by atoms with Crippen LogP contribution in [0.25, 0.3) is 0 Å². The molecule has 1 saturated heterocycles. The number of methoxy groups -OCH3 is 1. The highest BCUT2D eigenvalue weighted by atomic mass is 16.5. The van der Waals surface area contributed by atoms with E-state index in [1.54, 1.807) is 36.3 Å². The smallest absolute Gasteiger partial charge is 0.253 e. The van der Waals surface area contributed by atoms with E-state index in [1.807, 2.05) is 56.3 Å². The van der Waals surface area contributed by atoms with Crippen LogP contribution in [0.4, 0.5) is 11.4 Å². The number of anilines is 2. The molecule has 7 nitrogen and oxygen atoms in total. The summed E-state index contributed by atoms with van der Waals surface area (Å²) < 4.78 is 5.16. The first kappa shape index (κ1) is 24.0. The number of para-hydroxylation sites is 1. The lowest BCUT2D eigenvalue weighted by Crippen LogP contribution is -2.29. The minimum atomic E-state index is -0.500. The Kier molecular flexibility index (Phi) is 7.15. The van der Waals surface area contributed by atoms with Crippen LogP contribution in [0.5, 0.6) is 5.75 Å². The fraction of sp³-hybridized carbons (Fsp3) is 0.250. The molecule has 0 aliphatic carbocycles. The molecular formula is C28H29N3O4. The summed E-state index contributed by atoms with van der Waals surface area (Å²) in [5.74, 6) is -0.413. The number of hydrogen-bond acceptors (Lipinski definition) is 4. The maximum atomic E-state index is 13.0. The lowest BCUT2D eigenvalue weighted by atomic mass is 10.1. The third-order valence-electron chi connectivity index (χ3n) is 6.34. The summed E-state index contributed by atoms with van der Waals surface area (Å²) in [7, 11) is 1.60. The predicted molar refractivity (Wildman–Crippen MR) is 136 cm³/mol. The molecule has 180 valence electrons. The van der Waals surface area contributed by atoms with Gasteiger partial charge in [-0.25, -0.2) is 0 Å². The van der Waals surface area contributed by atoms with E-state index in [4.69, 9.17) is 4.74 Å². The largest absolute Gasteiger partial charge is 0.497 e. The molecule has 0 unspecified atom stereocenters. The van der Waals surface area contributed by atoms with E-state index in [0.29, 0.717) is 24.3 Å². The molecule has 7 heteroatoms. The second kappa shape index (κ2) is 10.4. The van der Waals surface area contributed by atoms with Crippen molar-refractivity contribution in [3.8, 4) is 5.75 Å². The SMILES string of the molecule is COc1ccc(CNC(=O)c2ccccc2NC(=O)[C@H]2CC(=O)N(c3ccc(C)c(C)c3)C2)cc1. The van der Waals surface area contributed by atoms with Gasteiger partial charge in [0.1, 0.15) is 5.75 Å². The first-order valence-electron chi connectivity index (χ1n) is 11.5. The second-order valence-electron chi connectivity index (χ2n) is 8.74. The first-order chi connectivity index (χ1) is 16.9. The third kappa shape index (κ3) is 5.51. The van der Waals surface area contributed by atoms with E-state index in [2.05, 4.69) is 10.6 Å². The number of amides is 3. The molecule has 35 heavy (non-hydrogen) atoms. The first-order valence-corrected chi connectivity index (χ1v) is 11.5. The van der Waals surface area contributed by atoms with Crippen LogP contribution in [0.2, 0.25) is 0 Å². The fourth-order valence-corrected chi connectivity index (χ4v) is 4.07. The average molecular weight is 472 g/mol. The van der Waals surface area contributed by atoms with Crippen LogP contribution in [-0.2, 0) is 16.1 Å². The Morgan fingerprint density at radius 1 is 1.00 bits per heavy atom. The molecule has 0 saturated carbocycles. The molecule has 1 fully saturated rings. The van der Waals surface area contributed by atoms with E-state index in [9.17, 15) is 14.4 Å². The van der Waals surface area contributed by atoms with Crippen molar-refractivity contribution in [1.29, 1.82) is 0 Å². The Morgan fingerprint density at radius 3 is 2.46 bits per heavy atom. The van der Waals surface area contributed by atoms with Gasteiger partial charge in [-0.2, -0.15) is 0 Å². The van der Waals surface area contributed by atoms with Gasteiger partial charge in [0, 0.05) is 25.2 Å². The van der Waals surface area contributed by atoms with Gasteiger partial charge in [0.25, 0.3) is 5.91 Å².